The Bertz CT molecular complexity index is 639. The van der Waals surface area contributed by atoms with Crippen LogP contribution in [-0.4, -0.2) is 32.5 Å². The van der Waals surface area contributed by atoms with Gasteiger partial charge in [0.25, 0.3) is 0 Å². The molecule has 1 saturated carbocycles. The third-order valence-electron chi connectivity index (χ3n) is 4.30. The van der Waals surface area contributed by atoms with Crippen LogP contribution < -0.4 is 0 Å². The zero-order valence-electron chi connectivity index (χ0n) is 13.1. The molecule has 1 fully saturated rings. The Morgan fingerprint density at radius 2 is 1.91 bits per heavy atom. The summed E-state index contributed by atoms with van der Waals surface area (Å²) < 4.78 is 0. The van der Waals surface area contributed by atoms with Crippen LogP contribution in [0, 0.1) is 5.92 Å². The number of rotatable bonds is 7. The smallest absolute Gasteiger partial charge is 0.356 e. The minimum absolute atomic E-state index is 0.0117. The van der Waals surface area contributed by atoms with Crippen molar-refractivity contribution in [2.24, 2.45) is 5.92 Å². The van der Waals surface area contributed by atoms with Gasteiger partial charge in [0.15, 0.2) is 5.69 Å². The Balaban J connectivity index is 1.68. The number of carboxylic acids is 1. The molecule has 1 aromatic heterocycles. The molecule has 0 amide bonds. The zero-order chi connectivity index (χ0) is 16.1. The fraction of sp³-hybridized carbons (Fsp3) is 0.389. The number of benzene rings is 1. The lowest BCUT2D eigenvalue weighted by molar-refractivity contribution is 0.0690. The van der Waals surface area contributed by atoms with Crippen LogP contribution in [0.3, 0.4) is 0 Å². The predicted molar refractivity (Wildman–Crippen MR) is 86.9 cm³/mol. The molecule has 2 aromatic rings. The maximum absolute atomic E-state index is 10.9. The molecule has 0 unspecified atom stereocenters. The Kier molecular flexibility index (Phi) is 4.98. The van der Waals surface area contributed by atoms with Gasteiger partial charge in [-0.15, -0.1) is 0 Å². The molecule has 0 saturated heterocycles. The first-order valence-corrected chi connectivity index (χ1v) is 8.01. The predicted octanol–water partition coefficient (Wildman–Crippen LogP) is 2.98. The molecule has 0 bridgehead atoms. The minimum Gasteiger partial charge on any atom is -0.476 e. The van der Waals surface area contributed by atoms with Crippen molar-refractivity contribution in [2.45, 2.75) is 32.4 Å². The summed E-state index contributed by atoms with van der Waals surface area (Å²) in [5, 5.41) is 8.90. The van der Waals surface area contributed by atoms with Crippen molar-refractivity contribution in [3.05, 3.63) is 59.7 Å². The summed E-state index contributed by atoms with van der Waals surface area (Å²) in [6.45, 7) is 2.62. The van der Waals surface area contributed by atoms with Crippen LogP contribution in [0.5, 0.6) is 0 Å². The third-order valence-corrected chi connectivity index (χ3v) is 4.30. The highest BCUT2D eigenvalue weighted by Crippen LogP contribution is 2.28. The van der Waals surface area contributed by atoms with Crippen LogP contribution in [0.1, 0.15) is 41.0 Å². The molecule has 5 nitrogen and oxygen atoms in total. The summed E-state index contributed by atoms with van der Waals surface area (Å²) in [6, 6.07) is 10.4. The SMILES string of the molecule is O=C(O)c1cnc(CN(Cc2ccccc2)CC2CCC2)cn1. The molecule has 0 spiro atoms. The summed E-state index contributed by atoms with van der Waals surface area (Å²) in [6.07, 6.45) is 6.84. The lowest BCUT2D eigenvalue weighted by Crippen LogP contribution is -2.32. The molecule has 0 aliphatic heterocycles. The second kappa shape index (κ2) is 7.33. The van der Waals surface area contributed by atoms with E-state index in [4.69, 9.17) is 5.11 Å². The van der Waals surface area contributed by atoms with E-state index in [1.165, 1.54) is 31.0 Å². The molecular formula is C18H21N3O2. The molecule has 1 aliphatic rings. The molecule has 1 aromatic carbocycles. The van der Waals surface area contributed by atoms with Crippen LogP contribution in [0.2, 0.25) is 0 Å². The van der Waals surface area contributed by atoms with E-state index >= 15 is 0 Å². The van der Waals surface area contributed by atoms with Gasteiger partial charge in [-0.25, -0.2) is 9.78 Å². The van der Waals surface area contributed by atoms with Gasteiger partial charge in [-0.1, -0.05) is 36.8 Å². The summed E-state index contributed by atoms with van der Waals surface area (Å²) in [5.74, 6) is -0.273. The summed E-state index contributed by atoms with van der Waals surface area (Å²) in [5.41, 5.74) is 2.08. The highest BCUT2D eigenvalue weighted by atomic mass is 16.4. The van der Waals surface area contributed by atoms with Gasteiger partial charge in [-0.2, -0.15) is 0 Å². The van der Waals surface area contributed by atoms with Gasteiger partial charge >= 0.3 is 5.97 Å². The van der Waals surface area contributed by atoms with Crippen LogP contribution in [0.15, 0.2) is 42.7 Å². The van der Waals surface area contributed by atoms with Crippen LogP contribution in [0.4, 0.5) is 0 Å². The summed E-state index contributed by atoms with van der Waals surface area (Å²) in [7, 11) is 0. The molecular weight excluding hydrogens is 290 g/mol. The molecule has 5 heteroatoms. The molecule has 23 heavy (non-hydrogen) atoms. The lowest BCUT2D eigenvalue weighted by Gasteiger charge is -2.32. The van der Waals surface area contributed by atoms with Crippen LogP contribution in [0.25, 0.3) is 0 Å². The van der Waals surface area contributed by atoms with E-state index < -0.39 is 5.97 Å². The average molecular weight is 311 g/mol. The normalized spacial score (nSPS) is 14.7. The van der Waals surface area contributed by atoms with Gasteiger partial charge in [0.2, 0.25) is 0 Å². The molecule has 120 valence electrons. The molecule has 3 rings (SSSR count). The summed E-state index contributed by atoms with van der Waals surface area (Å²) >= 11 is 0. The van der Waals surface area contributed by atoms with Gasteiger partial charge < -0.3 is 5.11 Å². The minimum atomic E-state index is -1.04. The number of hydrogen-bond acceptors (Lipinski definition) is 4. The molecule has 0 radical (unpaired) electrons. The maximum atomic E-state index is 10.9. The average Bonchev–Trinajstić information content (AvgIpc) is 2.52. The van der Waals surface area contributed by atoms with Crippen LogP contribution >= 0.6 is 0 Å². The van der Waals surface area contributed by atoms with E-state index in [1.54, 1.807) is 6.20 Å². The Hall–Kier alpha value is -2.27. The quantitative estimate of drug-likeness (QED) is 0.851. The lowest BCUT2D eigenvalue weighted by atomic mass is 9.85. The summed E-state index contributed by atoms with van der Waals surface area (Å²) in [4.78, 5) is 21.4. The van der Waals surface area contributed by atoms with E-state index in [-0.39, 0.29) is 5.69 Å². The van der Waals surface area contributed by atoms with E-state index in [2.05, 4.69) is 39.1 Å². The van der Waals surface area contributed by atoms with Gasteiger partial charge in [0.1, 0.15) is 0 Å². The highest BCUT2D eigenvalue weighted by molar-refractivity contribution is 5.84. The van der Waals surface area contributed by atoms with Crippen molar-refractivity contribution < 1.29 is 9.90 Å². The Morgan fingerprint density at radius 1 is 1.13 bits per heavy atom. The second-order valence-electron chi connectivity index (χ2n) is 6.15. The zero-order valence-corrected chi connectivity index (χ0v) is 13.1. The molecule has 0 atom stereocenters. The number of aromatic nitrogens is 2. The van der Waals surface area contributed by atoms with Gasteiger partial charge in [0.05, 0.1) is 18.1 Å². The second-order valence-corrected chi connectivity index (χ2v) is 6.15. The Labute approximate surface area is 136 Å². The number of carboxylic acid groups (broad SMARTS) is 1. The van der Waals surface area contributed by atoms with Crippen molar-refractivity contribution in [1.82, 2.24) is 14.9 Å². The standard InChI is InChI=1S/C18H21N3O2/c22-18(23)17-10-19-16(9-20-17)13-21(12-15-7-4-8-15)11-14-5-2-1-3-6-14/h1-3,5-6,9-10,15H,4,7-8,11-13H2,(H,22,23). The van der Waals surface area contributed by atoms with Crippen molar-refractivity contribution in [3.63, 3.8) is 0 Å². The molecule has 1 aliphatic carbocycles. The van der Waals surface area contributed by atoms with E-state index in [0.717, 1.165) is 24.7 Å². The first-order chi connectivity index (χ1) is 11.2. The van der Waals surface area contributed by atoms with Crippen molar-refractivity contribution in [2.75, 3.05) is 6.54 Å². The highest BCUT2D eigenvalue weighted by Gasteiger charge is 2.21. The molecule has 1 N–H and O–H groups in total. The topological polar surface area (TPSA) is 66.3 Å². The van der Waals surface area contributed by atoms with Crippen molar-refractivity contribution >= 4 is 5.97 Å². The fourth-order valence-electron chi connectivity index (χ4n) is 2.84. The monoisotopic (exact) mass is 311 g/mol. The van der Waals surface area contributed by atoms with Crippen LogP contribution in [-0.2, 0) is 13.1 Å². The number of hydrogen-bond donors (Lipinski definition) is 1. The maximum Gasteiger partial charge on any atom is 0.356 e. The van der Waals surface area contributed by atoms with Crippen molar-refractivity contribution in [1.29, 1.82) is 0 Å². The number of aromatic carboxylic acids is 1. The first kappa shape index (κ1) is 15.6. The fourth-order valence-corrected chi connectivity index (χ4v) is 2.84. The van der Waals surface area contributed by atoms with E-state index in [9.17, 15) is 4.79 Å². The first-order valence-electron chi connectivity index (χ1n) is 8.01. The van der Waals surface area contributed by atoms with E-state index in [1.807, 2.05) is 6.07 Å². The van der Waals surface area contributed by atoms with Gasteiger partial charge in [-0.3, -0.25) is 9.88 Å². The number of nitrogens with zero attached hydrogens (tertiary/aromatic N) is 3. The van der Waals surface area contributed by atoms with E-state index in [0.29, 0.717) is 6.54 Å². The van der Waals surface area contributed by atoms with Gasteiger partial charge in [0, 0.05) is 19.6 Å². The largest absolute Gasteiger partial charge is 0.476 e. The Morgan fingerprint density at radius 3 is 2.48 bits per heavy atom. The third kappa shape index (κ3) is 4.36. The number of carbonyl (C=O) groups is 1. The van der Waals surface area contributed by atoms with Gasteiger partial charge in [-0.05, 0) is 24.3 Å². The molecule has 1 heterocycles. The van der Waals surface area contributed by atoms with Crippen molar-refractivity contribution in [3.8, 4) is 0 Å².